The van der Waals surface area contributed by atoms with E-state index in [1.807, 2.05) is 24.3 Å². The molecule has 0 atom stereocenters. The first kappa shape index (κ1) is 20.3. The van der Waals surface area contributed by atoms with Crippen LogP contribution in [0.2, 0.25) is 10.0 Å². The molecule has 0 bridgehead atoms. The van der Waals surface area contributed by atoms with E-state index in [0.29, 0.717) is 48.3 Å². The molecule has 2 aromatic carbocycles. The van der Waals surface area contributed by atoms with Crippen LogP contribution in [0.15, 0.2) is 36.4 Å². The van der Waals surface area contributed by atoms with Crippen LogP contribution in [0, 0.1) is 0 Å². The Kier molecular flexibility index (Phi) is 7.01. The lowest BCUT2D eigenvalue weighted by Crippen LogP contribution is -2.38. The molecule has 8 heteroatoms. The molecule has 28 heavy (non-hydrogen) atoms. The standard InChI is InChI=1S/C20H21Cl2N3O3/c21-16-5-1-13(11-17(16)22)7-8-23-20(27)24-9-10-28-15-4-2-14-3-6-19(26)25-18(14)12-15/h1-2,4-5,11-12H,3,6-10H2,(H,25,26)(H2,23,24,27). The zero-order valence-electron chi connectivity index (χ0n) is 15.2. The Hall–Kier alpha value is -2.44. The maximum absolute atomic E-state index is 11.8. The monoisotopic (exact) mass is 421 g/mol. The third kappa shape index (κ3) is 5.78. The lowest BCUT2D eigenvalue weighted by molar-refractivity contribution is -0.116. The van der Waals surface area contributed by atoms with Crippen molar-refractivity contribution in [3.63, 3.8) is 0 Å². The summed E-state index contributed by atoms with van der Waals surface area (Å²) in [5.74, 6) is 0.673. The molecule has 0 fully saturated rings. The molecule has 2 aromatic rings. The first-order valence-electron chi connectivity index (χ1n) is 9.02. The van der Waals surface area contributed by atoms with Crippen LogP contribution in [0.5, 0.6) is 5.75 Å². The second-order valence-electron chi connectivity index (χ2n) is 6.40. The van der Waals surface area contributed by atoms with Crippen molar-refractivity contribution < 1.29 is 14.3 Å². The Labute approximate surface area is 173 Å². The van der Waals surface area contributed by atoms with Gasteiger partial charge < -0.3 is 20.7 Å². The molecular formula is C20H21Cl2N3O3. The molecule has 0 spiro atoms. The van der Waals surface area contributed by atoms with Crippen molar-refractivity contribution >= 4 is 40.8 Å². The molecule has 1 aliphatic heterocycles. The van der Waals surface area contributed by atoms with Gasteiger partial charge in [0.25, 0.3) is 0 Å². The van der Waals surface area contributed by atoms with Crippen LogP contribution in [0.25, 0.3) is 0 Å². The van der Waals surface area contributed by atoms with Gasteiger partial charge in [0, 0.05) is 24.7 Å². The van der Waals surface area contributed by atoms with Gasteiger partial charge >= 0.3 is 6.03 Å². The van der Waals surface area contributed by atoms with Gasteiger partial charge in [-0.2, -0.15) is 0 Å². The second kappa shape index (κ2) is 9.66. The van der Waals surface area contributed by atoms with Crippen molar-refractivity contribution in [3.8, 4) is 5.75 Å². The third-order valence-corrected chi connectivity index (χ3v) is 5.06. The molecule has 0 unspecified atom stereocenters. The number of benzene rings is 2. The molecule has 0 aromatic heterocycles. The van der Waals surface area contributed by atoms with E-state index in [1.54, 1.807) is 12.1 Å². The van der Waals surface area contributed by atoms with Crippen molar-refractivity contribution in [3.05, 3.63) is 57.6 Å². The van der Waals surface area contributed by atoms with E-state index in [4.69, 9.17) is 27.9 Å². The molecule has 3 rings (SSSR count). The summed E-state index contributed by atoms with van der Waals surface area (Å²) in [6.07, 6.45) is 1.91. The van der Waals surface area contributed by atoms with E-state index in [2.05, 4.69) is 16.0 Å². The van der Waals surface area contributed by atoms with Gasteiger partial charge in [-0.05, 0) is 42.2 Å². The SMILES string of the molecule is O=C1CCc2ccc(OCCNC(=O)NCCc3ccc(Cl)c(Cl)c3)cc2N1. The van der Waals surface area contributed by atoms with Crippen LogP contribution in [0.1, 0.15) is 17.5 Å². The Morgan fingerprint density at radius 3 is 2.68 bits per heavy atom. The van der Waals surface area contributed by atoms with E-state index in [-0.39, 0.29) is 11.9 Å². The van der Waals surface area contributed by atoms with Crippen LogP contribution in [-0.4, -0.2) is 31.6 Å². The predicted molar refractivity (Wildman–Crippen MR) is 110 cm³/mol. The Balaban J connectivity index is 1.34. The normalized spacial score (nSPS) is 12.7. The maximum atomic E-state index is 11.8. The Bertz CT molecular complexity index is 874. The smallest absolute Gasteiger partial charge is 0.314 e. The van der Waals surface area contributed by atoms with Gasteiger partial charge in [0.1, 0.15) is 12.4 Å². The molecule has 1 heterocycles. The lowest BCUT2D eigenvalue weighted by Gasteiger charge is -2.17. The van der Waals surface area contributed by atoms with E-state index in [0.717, 1.165) is 23.2 Å². The minimum absolute atomic E-state index is 0.0175. The van der Waals surface area contributed by atoms with E-state index in [9.17, 15) is 9.59 Å². The number of urea groups is 1. The fraction of sp³-hybridized carbons (Fsp3) is 0.300. The number of ether oxygens (including phenoxy) is 1. The van der Waals surface area contributed by atoms with Gasteiger partial charge in [0.2, 0.25) is 5.91 Å². The summed E-state index contributed by atoms with van der Waals surface area (Å²) in [4.78, 5) is 23.3. The van der Waals surface area contributed by atoms with E-state index in [1.165, 1.54) is 0 Å². The number of halogens is 2. The average Bonchev–Trinajstić information content (AvgIpc) is 2.67. The lowest BCUT2D eigenvalue weighted by atomic mass is 10.0. The summed E-state index contributed by atoms with van der Waals surface area (Å²) in [5.41, 5.74) is 2.89. The highest BCUT2D eigenvalue weighted by Crippen LogP contribution is 2.27. The summed E-state index contributed by atoms with van der Waals surface area (Å²) in [7, 11) is 0. The number of carbonyl (C=O) groups is 2. The molecule has 0 saturated carbocycles. The highest BCUT2D eigenvalue weighted by Gasteiger charge is 2.15. The van der Waals surface area contributed by atoms with Gasteiger partial charge in [-0.1, -0.05) is 35.3 Å². The highest BCUT2D eigenvalue weighted by molar-refractivity contribution is 6.42. The molecular weight excluding hydrogens is 401 g/mol. The van der Waals surface area contributed by atoms with Crippen molar-refractivity contribution in [2.75, 3.05) is 25.0 Å². The van der Waals surface area contributed by atoms with Crippen LogP contribution in [-0.2, 0) is 17.6 Å². The minimum atomic E-state index is -0.263. The third-order valence-electron chi connectivity index (χ3n) is 4.32. The second-order valence-corrected chi connectivity index (χ2v) is 7.21. The first-order chi connectivity index (χ1) is 13.5. The van der Waals surface area contributed by atoms with Crippen LogP contribution < -0.4 is 20.7 Å². The first-order valence-corrected chi connectivity index (χ1v) is 9.78. The van der Waals surface area contributed by atoms with Crippen molar-refractivity contribution in [2.45, 2.75) is 19.3 Å². The van der Waals surface area contributed by atoms with Crippen molar-refractivity contribution in [1.29, 1.82) is 0 Å². The van der Waals surface area contributed by atoms with Gasteiger partial charge in [-0.3, -0.25) is 4.79 Å². The summed E-state index contributed by atoms with van der Waals surface area (Å²) in [6.45, 7) is 1.17. The van der Waals surface area contributed by atoms with E-state index < -0.39 is 0 Å². The quantitative estimate of drug-likeness (QED) is 0.594. The molecule has 3 N–H and O–H groups in total. The van der Waals surface area contributed by atoms with Gasteiger partial charge in [0.15, 0.2) is 0 Å². The average molecular weight is 422 g/mol. The van der Waals surface area contributed by atoms with Crippen LogP contribution in [0.4, 0.5) is 10.5 Å². The number of aryl methyl sites for hydroxylation is 1. The number of rotatable bonds is 7. The Morgan fingerprint density at radius 1 is 1.04 bits per heavy atom. The number of amides is 3. The molecule has 6 nitrogen and oxygen atoms in total. The number of carbonyl (C=O) groups excluding carboxylic acids is 2. The summed E-state index contributed by atoms with van der Waals surface area (Å²) in [6, 6.07) is 10.8. The van der Waals surface area contributed by atoms with Crippen molar-refractivity contribution in [1.82, 2.24) is 10.6 Å². The van der Waals surface area contributed by atoms with Gasteiger partial charge in [0.05, 0.1) is 16.6 Å². The largest absolute Gasteiger partial charge is 0.492 e. The maximum Gasteiger partial charge on any atom is 0.314 e. The minimum Gasteiger partial charge on any atom is -0.492 e. The fourth-order valence-corrected chi connectivity index (χ4v) is 3.17. The number of anilines is 1. The number of fused-ring (bicyclic) bond motifs is 1. The predicted octanol–water partition coefficient (Wildman–Crippen LogP) is 3.80. The van der Waals surface area contributed by atoms with Gasteiger partial charge in [-0.25, -0.2) is 4.79 Å². The van der Waals surface area contributed by atoms with Gasteiger partial charge in [-0.15, -0.1) is 0 Å². The fourth-order valence-electron chi connectivity index (χ4n) is 2.85. The Morgan fingerprint density at radius 2 is 1.86 bits per heavy atom. The number of hydrogen-bond acceptors (Lipinski definition) is 3. The molecule has 0 radical (unpaired) electrons. The zero-order chi connectivity index (χ0) is 19.9. The summed E-state index contributed by atoms with van der Waals surface area (Å²) in [5, 5.41) is 9.37. The molecule has 1 aliphatic rings. The van der Waals surface area contributed by atoms with Crippen LogP contribution in [0.3, 0.4) is 0 Å². The number of nitrogens with one attached hydrogen (secondary N) is 3. The number of hydrogen-bond donors (Lipinski definition) is 3. The highest BCUT2D eigenvalue weighted by atomic mass is 35.5. The molecule has 148 valence electrons. The topological polar surface area (TPSA) is 79.5 Å². The van der Waals surface area contributed by atoms with Crippen molar-refractivity contribution in [2.24, 2.45) is 0 Å². The molecule has 0 aliphatic carbocycles. The summed E-state index contributed by atoms with van der Waals surface area (Å²) < 4.78 is 5.63. The molecule has 3 amide bonds. The zero-order valence-corrected chi connectivity index (χ0v) is 16.7. The molecule has 0 saturated heterocycles. The summed E-state index contributed by atoms with van der Waals surface area (Å²) >= 11 is 11.9. The van der Waals surface area contributed by atoms with E-state index >= 15 is 0 Å². The van der Waals surface area contributed by atoms with Crippen LogP contribution >= 0.6 is 23.2 Å².